The zero-order chi connectivity index (χ0) is 19.9. The summed E-state index contributed by atoms with van der Waals surface area (Å²) in [6.07, 6.45) is 1.54. The summed E-state index contributed by atoms with van der Waals surface area (Å²) < 4.78 is 30.5. The lowest BCUT2D eigenvalue weighted by Crippen LogP contribution is -2.20. The van der Waals surface area contributed by atoms with Crippen LogP contribution in [0.1, 0.15) is 26.5 Å². The molecule has 28 heavy (non-hydrogen) atoms. The molecule has 0 radical (unpaired) electrons. The number of aromatic nitrogens is 4. The Hall–Kier alpha value is -3.13. The number of sulfonamides is 1. The first-order valence-electron chi connectivity index (χ1n) is 8.87. The highest BCUT2D eigenvalue weighted by Crippen LogP contribution is 2.30. The number of hydrogen-bond donors (Lipinski definition) is 2. The normalized spacial score (nSPS) is 12.4. The smallest absolute Gasteiger partial charge is 0.267 e. The summed E-state index contributed by atoms with van der Waals surface area (Å²) in [5.74, 6) is 0.175. The van der Waals surface area contributed by atoms with Crippen LogP contribution in [0.15, 0.2) is 65.7 Å². The van der Waals surface area contributed by atoms with Crippen LogP contribution in [-0.2, 0) is 15.4 Å². The van der Waals surface area contributed by atoms with Crippen LogP contribution in [0.2, 0.25) is 0 Å². The Kier molecular flexibility index (Phi) is 4.23. The van der Waals surface area contributed by atoms with E-state index in [-0.39, 0.29) is 10.8 Å². The second kappa shape index (κ2) is 6.49. The standard InChI is InChI=1S/C20H21N5O2S/c1-20(2,3)18-17(13-25(23-18)14-9-5-4-6-10-14)28(26,27)24-19-21-15-11-7-8-12-16(15)22-19/h4-13H,1-3H3,(H2,21,22,24). The lowest BCUT2D eigenvalue weighted by atomic mass is 9.92. The van der Waals surface area contributed by atoms with Crippen molar-refractivity contribution in [3.63, 3.8) is 0 Å². The molecule has 0 fully saturated rings. The maximum Gasteiger partial charge on any atom is 0.267 e. The molecule has 0 aliphatic rings. The highest BCUT2D eigenvalue weighted by atomic mass is 32.2. The molecule has 144 valence electrons. The molecule has 2 aromatic carbocycles. The molecule has 4 rings (SSSR count). The SMILES string of the molecule is CC(C)(C)c1nn(-c2ccccc2)cc1S(=O)(=O)Nc1nc2ccccc2[nH]1. The van der Waals surface area contributed by atoms with Crippen LogP contribution in [0.5, 0.6) is 0 Å². The molecule has 0 amide bonds. The third-order valence-corrected chi connectivity index (χ3v) is 5.66. The number of anilines is 1. The maximum absolute atomic E-state index is 13.2. The predicted molar refractivity (Wildman–Crippen MR) is 109 cm³/mol. The van der Waals surface area contributed by atoms with E-state index in [1.165, 1.54) is 0 Å². The molecule has 7 nitrogen and oxygen atoms in total. The van der Waals surface area contributed by atoms with E-state index >= 15 is 0 Å². The molecule has 0 aliphatic carbocycles. The molecule has 2 heterocycles. The van der Waals surface area contributed by atoms with Crippen LogP contribution < -0.4 is 4.72 Å². The Labute approximate surface area is 163 Å². The van der Waals surface area contributed by atoms with Gasteiger partial charge in [-0.15, -0.1) is 0 Å². The molecule has 0 aliphatic heterocycles. The van der Waals surface area contributed by atoms with Gasteiger partial charge in [0.2, 0.25) is 5.95 Å². The molecule has 0 saturated carbocycles. The fraction of sp³-hybridized carbons (Fsp3) is 0.200. The summed E-state index contributed by atoms with van der Waals surface area (Å²) in [5, 5.41) is 4.57. The van der Waals surface area contributed by atoms with E-state index in [0.717, 1.165) is 11.2 Å². The fourth-order valence-electron chi connectivity index (χ4n) is 2.97. The van der Waals surface area contributed by atoms with Crippen molar-refractivity contribution in [1.82, 2.24) is 19.7 Å². The topological polar surface area (TPSA) is 92.7 Å². The van der Waals surface area contributed by atoms with Gasteiger partial charge in [-0.1, -0.05) is 51.1 Å². The Morgan fingerprint density at radius 2 is 1.68 bits per heavy atom. The van der Waals surface area contributed by atoms with E-state index in [1.807, 2.05) is 75.4 Å². The molecule has 0 spiro atoms. The number of rotatable bonds is 4. The van der Waals surface area contributed by atoms with E-state index in [0.29, 0.717) is 11.2 Å². The lowest BCUT2D eigenvalue weighted by molar-refractivity contribution is 0.543. The predicted octanol–water partition coefficient (Wildman–Crippen LogP) is 3.85. The maximum atomic E-state index is 13.2. The molecule has 2 aromatic heterocycles. The Balaban J connectivity index is 1.78. The van der Waals surface area contributed by atoms with Crippen molar-refractivity contribution in [2.45, 2.75) is 31.1 Å². The van der Waals surface area contributed by atoms with Crippen LogP contribution in [0.4, 0.5) is 5.95 Å². The first-order chi connectivity index (χ1) is 13.2. The fourth-order valence-corrected chi connectivity index (χ4v) is 4.27. The van der Waals surface area contributed by atoms with Crippen LogP contribution in [0.3, 0.4) is 0 Å². The van der Waals surface area contributed by atoms with Crippen molar-refractivity contribution in [3.05, 3.63) is 66.5 Å². The van der Waals surface area contributed by atoms with Gasteiger partial charge < -0.3 is 4.98 Å². The number of benzene rings is 2. The lowest BCUT2D eigenvalue weighted by Gasteiger charge is -2.17. The summed E-state index contributed by atoms with van der Waals surface area (Å²) in [5.41, 5.74) is 2.27. The molecular formula is C20H21N5O2S. The Bertz CT molecular complexity index is 1200. The summed E-state index contributed by atoms with van der Waals surface area (Å²) >= 11 is 0. The van der Waals surface area contributed by atoms with Gasteiger partial charge in [-0.05, 0) is 24.3 Å². The zero-order valence-corrected chi connectivity index (χ0v) is 16.7. The number of fused-ring (bicyclic) bond motifs is 1. The van der Waals surface area contributed by atoms with Crippen molar-refractivity contribution in [2.24, 2.45) is 0 Å². The van der Waals surface area contributed by atoms with Gasteiger partial charge >= 0.3 is 0 Å². The number of hydrogen-bond acceptors (Lipinski definition) is 4. The average molecular weight is 395 g/mol. The minimum absolute atomic E-state index is 0.129. The van der Waals surface area contributed by atoms with E-state index in [4.69, 9.17) is 0 Å². The zero-order valence-electron chi connectivity index (χ0n) is 15.8. The summed E-state index contributed by atoms with van der Waals surface area (Å²) in [6, 6.07) is 16.8. The Morgan fingerprint density at radius 3 is 2.36 bits per heavy atom. The first-order valence-corrected chi connectivity index (χ1v) is 10.4. The van der Waals surface area contributed by atoms with E-state index < -0.39 is 15.4 Å². The summed E-state index contributed by atoms with van der Waals surface area (Å²) in [6.45, 7) is 5.81. The van der Waals surface area contributed by atoms with Crippen LogP contribution in [0.25, 0.3) is 16.7 Å². The van der Waals surface area contributed by atoms with Gasteiger partial charge in [0, 0.05) is 5.41 Å². The average Bonchev–Trinajstić information content (AvgIpc) is 3.26. The van der Waals surface area contributed by atoms with Gasteiger partial charge in [0.25, 0.3) is 10.0 Å². The van der Waals surface area contributed by atoms with E-state index in [1.54, 1.807) is 10.9 Å². The molecule has 2 N–H and O–H groups in total. The van der Waals surface area contributed by atoms with Gasteiger partial charge in [-0.2, -0.15) is 5.10 Å². The number of aromatic amines is 1. The largest absolute Gasteiger partial charge is 0.323 e. The van der Waals surface area contributed by atoms with Gasteiger partial charge in [0.1, 0.15) is 4.90 Å². The Morgan fingerprint density at radius 1 is 1.00 bits per heavy atom. The number of para-hydroxylation sites is 3. The molecule has 0 bridgehead atoms. The highest BCUT2D eigenvalue weighted by molar-refractivity contribution is 7.92. The van der Waals surface area contributed by atoms with E-state index in [9.17, 15) is 8.42 Å². The highest BCUT2D eigenvalue weighted by Gasteiger charge is 2.31. The number of H-pyrrole nitrogens is 1. The third-order valence-electron chi connectivity index (χ3n) is 4.32. The van der Waals surface area contributed by atoms with Crippen LogP contribution in [-0.4, -0.2) is 28.2 Å². The minimum atomic E-state index is -3.89. The molecular weight excluding hydrogens is 374 g/mol. The summed E-state index contributed by atoms with van der Waals surface area (Å²) in [7, 11) is -3.89. The molecule has 0 atom stereocenters. The van der Waals surface area contributed by atoms with Crippen molar-refractivity contribution >= 4 is 27.0 Å². The van der Waals surface area contributed by atoms with Crippen molar-refractivity contribution < 1.29 is 8.42 Å². The number of imidazole rings is 1. The van der Waals surface area contributed by atoms with Gasteiger partial charge in [-0.25, -0.2) is 22.8 Å². The van der Waals surface area contributed by atoms with Gasteiger partial charge in [-0.3, -0.25) is 0 Å². The molecule has 8 heteroatoms. The second-order valence-corrected chi connectivity index (χ2v) is 9.23. The first kappa shape index (κ1) is 18.2. The van der Waals surface area contributed by atoms with Gasteiger partial charge in [0.05, 0.1) is 28.6 Å². The van der Waals surface area contributed by atoms with Crippen molar-refractivity contribution in [1.29, 1.82) is 0 Å². The quantitative estimate of drug-likeness (QED) is 0.549. The van der Waals surface area contributed by atoms with Crippen LogP contribution >= 0.6 is 0 Å². The molecule has 0 saturated heterocycles. The molecule has 4 aromatic rings. The van der Waals surface area contributed by atoms with Crippen molar-refractivity contribution in [2.75, 3.05) is 4.72 Å². The summed E-state index contributed by atoms with van der Waals surface area (Å²) in [4.78, 5) is 7.43. The molecule has 0 unspecified atom stereocenters. The monoisotopic (exact) mass is 395 g/mol. The van der Waals surface area contributed by atoms with Crippen LogP contribution in [0, 0.1) is 0 Å². The minimum Gasteiger partial charge on any atom is -0.323 e. The number of nitrogens with zero attached hydrogens (tertiary/aromatic N) is 3. The van der Waals surface area contributed by atoms with Gasteiger partial charge in [0.15, 0.2) is 0 Å². The number of nitrogens with one attached hydrogen (secondary N) is 2. The second-order valence-electron chi connectivity index (χ2n) is 7.58. The van der Waals surface area contributed by atoms with E-state index in [2.05, 4.69) is 19.8 Å². The van der Waals surface area contributed by atoms with Crippen molar-refractivity contribution in [3.8, 4) is 5.69 Å². The third kappa shape index (κ3) is 3.38.